The second-order valence-electron chi connectivity index (χ2n) is 5.52. The van der Waals surface area contributed by atoms with Crippen molar-refractivity contribution in [1.82, 2.24) is 5.16 Å². The number of methoxy groups -OCH3 is 1. The molecule has 0 spiro atoms. The number of ketones is 1. The molecule has 2 aromatic rings. The lowest BCUT2D eigenvalue weighted by atomic mass is 10.1. The molecule has 1 aromatic carbocycles. The monoisotopic (exact) mass is 379 g/mol. The van der Waals surface area contributed by atoms with E-state index in [4.69, 9.17) is 14.0 Å². The number of carbonyl (C=O) groups excluding carboxylic acids is 1. The van der Waals surface area contributed by atoms with Gasteiger partial charge in [-0.15, -0.1) is 0 Å². The van der Waals surface area contributed by atoms with Crippen LogP contribution in [0.5, 0.6) is 11.5 Å². The largest absolute Gasteiger partial charge is 0.493 e. The Morgan fingerprint density at radius 3 is 2.78 bits per heavy atom. The predicted molar refractivity (Wildman–Crippen MR) is 89.5 cm³/mol. The summed E-state index contributed by atoms with van der Waals surface area (Å²) in [5.74, 6) is 1.50. The van der Waals surface area contributed by atoms with E-state index in [1.165, 1.54) is 12.8 Å². The summed E-state index contributed by atoms with van der Waals surface area (Å²) in [6, 6.07) is 7.25. The SMILES string of the molecule is COc1ccc(-c2cc(C(=O)CBr)on2)cc1OC1CCCC1. The fraction of sp³-hybridized carbons (Fsp3) is 0.412. The molecule has 1 aromatic heterocycles. The van der Waals surface area contributed by atoms with E-state index in [9.17, 15) is 4.79 Å². The Bertz CT molecular complexity index is 692. The number of Topliss-reactive ketones (excluding diaryl/α,β-unsaturated/α-hetero) is 1. The van der Waals surface area contributed by atoms with Gasteiger partial charge in [0.1, 0.15) is 5.69 Å². The fourth-order valence-corrected chi connectivity index (χ4v) is 3.00. The summed E-state index contributed by atoms with van der Waals surface area (Å²) in [5, 5.41) is 4.18. The van der Waals surface area contributed by atoms with Crippen molar-refractivity contribution < 1.29 is 18.8 Å². The van der Waals surface area contributed by atoms with Crippen molar-refractivity contribution in [1.29, 1.82) is 0 Å². The van der Waals surface area contributed by atoms with E-state index in [0.29, 0.717) is 17.2 Å². The van der Waals surface area contributed by atoms with Gasteiger partial charge in [-0.1, -0.05) is 21.1 Å². The number of aromatic nitrogens is 1. The summed E-state index contributed by atoms with van der Waals surface area (Å²) < 4.78 is 16.6. The molecule has 1 aliphatic carbocycles. The van der Waals surface area contributed by atoms with Gasteiger partial charge in [-0.2, -0.15) is 0 Å². The molecule has 0 saturated heterocycles. The van der Waals surface area contributed by atoms with E-state index in [-0.39, 0.29) is 23.0 Å². The quantitative estimate of drug-likeness (QED) is 0.554. The van der Waals surface area contributed by atoms with Gasteiger partial charge in [0, 0.05) is 11.6 Å². The lowest BCUT2D eigenvalue weighted by Crippen LogP contribution is -2.11. The molecule has 0 atom stereocenters. The van der Waals surface area contributed by atoms with Crippen LogP contribution in [0, 0.1) is 0 Å². The van der Waals surface area contributed by atoms with Crippen molar-refractivity contribution >= 4 is 21.7 Å². The van der Waals surface area contributed by atoms with E-state index >= 15 is 0 Å². The van der Waals surface area contributed by atoms with E-state index in [1.807, 2.05) is 18.2 Å². The number of halogens is 1. The molecular formula is C17H18BrNO4. The Labute approximate surface area is 143 Å². The number of hydrogen-bond donors (Lipinski definition) is 0. The molecule has 5 nitrogen and oxygen atoms in total. The molecule has 0 N–H and O–H groups in total. The molecule has 0 bridgehead atoms. The summed E-state index contributed by atoms with van der Waals surface area (Å²) in [6.07, 6.45) is 4.78. The third kappa shape index (κ3) is 3.58. The van der Waals surface area contributed by atoms with Crippen LogP contribution in [0.2, 0.25) is 0 Å². The minimum Gasteiger partial charge on any atom is -0.493 e. The van der Waals surface area contributed by atoms with Crippen LogP contribution in [0.4, 0.5) is 0 Å². The first kappa shape index (κ1) is 16.1. The average molecular weight is 380 g/mol. The van der Waals surface area contributed by atoms with Crippen molar-refractivity contribution in [2.24, 2.45) is 0 Å². The number of ether oxygens (including phenoxy) is 2. The Morgan fingerprint density at radius 2 is 2.09 bits per heavy atom. The van der Waals surface area contributed by atoms with Crippen molar-refractivity contribution in [2.45, 2.75) is 31.8 Å². The van der Waals surface area contributed by atoms with Gasteiger partial charge in [-0.05, 0) is 43.9 Å². The maximum absolute atomic E-state index is 11.6. The number of benzene rings is 1. The van der Waals surface area contributed by atoms with E-state index < -0.39 is 0 Å². The highest BCUT2D eigenvalue weighted by Gasteiger charge is 2.20. The minimum atomic E-state index is -0.139. The van der Waals surface area contributed by atoms with Crippen LogP contribution in [0.15, 0.2) is 28.8 Å². The third-order valence-corrected chi connectivity index (χ3v) is 4.47. The van der Waals surface area contributed by atoms with Gasteiger partial charge in [0.25, 0.3) is 0 Å². The van der Waals surface area contributed by atoms with Crippen molar-refractivity contribution in [3.63, 3.8) is 0 Å². The highest BCUT2D eigenvalue weighted by molar-refractivity contribution is 9.09. The first-order valence-corrected chi connectivity index (χ1v) is 8.74. The van der Waals surface area contributed by atoms with E-state index in [0.717, 1.165) is 18.4 Å². The molecule has 6 heteroatoms. The van der Waals surface area contributed by atoms with Crippen molar-refractivity contribution in [2.75, 3.05) is 12.4 Å². The Kier molecular flexibility index (Phi) is 5.00. The van der Waals surface area contributed by atoms with Crippen LogP contribution in [-0.2, 0) is 0 Å². The summed E-state index contributed by atoms with van der Waals surface area (Å²) in [7, 11) is 1.62. The molecule has 1 fully saturated rings. The van der Waals surface area contributed by atoms with Gasteiger partial charge in [0.2, 0.25) is 11.5 Å². The molecule has 3 rings (SSSR count). The Hall–Kier alpha value is -1.82. The smallest absolute Gasteiger partial charge is 0.211 e. The molecule has 122 valence electrons. The first-order chi connectivity index (χ1) is 11.2. The average Bonchev–Trinajstić information content (AvgIpc) is 3.25. The number of carbonyl (C=O) groups is 1. The maximum Gasteiger partial charge on any atom is 0.211 e. The second-order valence-corrected chi connectivity index (χ2v) is 6.08. The molecule has 0 aliphatic heterocycles. The van der Waals surface area contributed by atoms with Gasteiger partial charge >= 0.3 is 0 Å². The van der Waals surface area contributed by atoms with Crippen LogP contribution in [-0.4, -0.2) is 29.5 Å². The van der Waals surface area contributed by atoms with E-state index in [1.54, 1.807) is 13.2 Å². The number of rotatable bonds is 6. The fourth-order valence-electron chi connectivity index (χ4n) is 2.72. The molecule has 0 unspecified atom stereocenters. The van der Waals surface area contributed by atoms with Gasteiger partial charge in [-0.3, -0.25) is 4.79 Å². The maximum atomic E-state index is 11.6. The van der Waals surface area contributed by atoms with Crippen LogP contribution < -0.4 is 9.47 Å². The van der Waals surface area contributed by atoms with Gasteiger partial charge < -0.3 is 14.0 Å². The zero-order valence-electron chi connectivity index (χ0n) is 12.9. The second kappa shape index (κ2) is 7.17. The minimum absolute atomic E-state index is 0.139. The third-order valence-electron chi connectivity index (χ3n) is 3.96. The van der Waals surface area contributed by atoms with Crippen LogP contribution in [0.3, 0.4) is 0 Å². The molecule has 0 radical (unpaired) electrons. The molecule has 23 heavy (non-hydrogen) atoms. The predicted octanol–water partition coefficient (Wildman–Crippen LogP) is 4.25. The summed E-state index contributed by atoms with van der Waals surface area (Å²) in [5.41, 5.74) is 1.43. The van der Waals surface area contributed by atoms with Crippen LogP contribution in [0.25, 0.3) is 11.3 Å². The van der Waals surface area contributed by atoms with E-state index in [2.05, 4.69) is 21.1 Å². The molecular weight excluding hydrogens is 362 g/mol. The normalized spacial score (nSPS) is 14.9. The molecule has 1 heterocycles. The first-order valence-electron chi connectivity index (χ1n) is 7.62. The van der Waals surface area contributed by atoms with Crippen LogP contribution >= 0.6 is 15.9 Å². The lowest BCUT2D eigenvalue weighted by Gasteiger charge is -2.16. The molecule has 1 saturated carbocycles. The van der Waals surface area contributed by atoms with Crippen molar-refractivity contribution in [3.05, 3.63) is 30.0 Å². The zero-order valence-corrected chi connectivity index (χ0v) is 14.5. The number of alkyl halides is 1. The Morgan fingerprint density at radius 1 is 1.30 bits per heavy atom. The number of hydrogen-bond acceptors (Lipinski definition) is 5. The lowest BCUT2D eigenvalue weighted by molar-refractivity contribution is 0.0985. The summed E-state index contributed by atoms with van der Waals surface area (Å²) in [4.78, 5) is 11.6. The zero-order chi connectivity index (χ0) is 16.2. The highest BCUT2D eigenvalue weighted by atomic mass is 79.9. The van der Waals surface area contributed by atoms with Crippen LogP contribution in [0.1, 0.15) is 36.2 Å². The van der Waals surface area contributed by atoms with Gasteiger partial charge in [0.15, 0.2) is 11.5 Å². The van der Waals surface area contributed by atoms with Gasteiger partial charge in [-0.25, -0.2) is 0 Å². The molecule has 0 amide bonds. The summed E-state index contributed by atoms with van der Waals surface area (Å²) >= 11 is 3.12. The van der Waals surface area contributed by atoms with Gasteiger partial charge in [0.05, 0.1) is 18.5 Å². The Balaban J connectivity index is 1.87. The number of nitrogens with zero attached hydrogens (tertiary/aromatic N) is 1. The topological polar surface area (TPSA) is 61.6 Å². The molecule has 1 aliphatic rings. The highest BCUT2D eigenvalue weighted by Crippen LogP contribution is 2.35. The summed E-state index contributed by atoms with van der Waals surface area (Å²) in [6.45, 7) is 0. The standard InChI is InChI=1S/C17H18BrNO4/c1-21-15-7-6-11(8-17(15)22-12-4-2-3-5-12)13-9-16(23-19-13)14(20)10-18/h6-9,12H,2-5,10H2,1H3. The van der Waals surface area contributed by atoms with Crippen molar-refractivity contribution in [3.8, 4) is 22.8 Å².